The average molecular weight is 345 g/mol. The second kappa shape index (κ2) is 6.10. The van der Waals surface area contributed by atoms with E-state index < -0.39 is 47.4 Å². The van der Waals surface area contributed by atoms with Crippen LogP contribution in [-0.4, -0.2) is 63.2 Å². The predicted molar refractivity (Wildman–Crippen MR) is 80.3 cm³/mol. The number of primary amides is 1. The molecule has 0 aromatic heterocycles. The van der Waals surface area contributed by atoms with Gasteiger partial charge in [0, 0.05) is 5.75 Å². The summed E-state index contributed by atoms with van der Waals surface area (Å²) in [7, 11) is 0. The summed E-state index contributed by atoms with van der Waals surface area (Å²) >= 11 is 3.90. The highest BCUT2D eigenvalue weighted by Crippen LogP contribution is 2.40. The smallest absolute Gasteiger partial charge is 0.323 e. The third-order valence-corrected chi connectivity index (χ3v) is 4.25. The van der Waals surface area contributed by atoms with E-state index in [2.05, 4.69) is 18.1 Å². The fourth-order valence-corrected chi connectivity index (χ4v) is 3.02. The number of hydrogen-bond donors (Lipinski definition) is 4. The molecule has 0 unspecified atom stereocenters. The van der Waals surface area contributed by atoms with E-state index in [4.69, 9.17) is 15.6 Å². The van der Waals surface area contributed by atoms with Crippen LogP contribution in [0.4, 0.5) is 0 Å². The molecule has 10 heteroatoms. The third kappa shape index (κ3) is 2.81. The van der Waals surface area contributed by atoms with E-state index in [1.165, 1.54) is 0 Å². The maximum Gasteiger partial charge on any atom is 0.323 e. The van der Waals surface area contributed by atoms with Crippen LogP contribution in [0.1, 0.15) is 20.3 Å². The molecule has 9 nitrogen and oxygen atoms in total. The minimum atomic E-state index is -1.97. The van der Waals surface area contributed by atoms with Gasteiger partial charge < -0.3 is 15.6 Å². The van der Waals surface area contributed by atoms with Crippen molar-refractivity contribution < 1.29 is 29.0 Å². The first kappa shape index (κ1) is 17.7. The second-order valence-corrected chi connectivity index (χ2v) is 6.41. The number of carboxylic acid groups (broad SMARTS) is 1. The minimum absolute atomic E-state index is 0.0363. The normalized spacial score (nSPS) is 31.0. The molecule has 2 aliphatic rings. The monoisotopic (exact) mass is 345 g/mol. The van der Waals surface area contributed by atoms with Gasteiger partial charge in [0.1, 0.15) is 6.04 Å². The van der Waals surface area contributed by atoms with Gasteiger partial charge in [0.15, 0.2) is 17.7 Å². The SMILES string of the molecule is CC(C)C[C@]1(C(N)=O)C(=O)[C@H]2O[C@@H]2C(=O)N1N[C@@H](CS)C(=O)O. The van der Waals surface area contributed by atoms with Gasteiger partial charge in [-0.05, 0) is 12.3 Å². The number of carbonyl (C=O) groups is 4. The van der Waals surface area contributed by atoms with Gasteiger partial charge >= 0.3 is 5.97 Å². The number of carbonyl (C=O) groups excluding carboxylic acids is 3. The van der Waals surface area contributed by atoms with Crippen molar-refractivity contribution in [1.82, 2.24) is 10.4 Å². The average Bonchev–Trinajstić information content (AvgIpc) is 3.23. The van der Waals surface area contributed by atoms with Crippen LogP contribution in [0.5, 0.6) is 0 Å². The lowest BCUT2D eigenvalue weighted by Gasteiger charge is -2.43. The van der Waals surface area contributed by atoms with Gasteiger partial charge in [-0.1, -0.05) is 13.8 Å². The first-order chi connectivity index (χ1) is 10.7. The Morgan fingerprint density at radius 2 is 2.04 bits per heavy atom. The Bertz CT molecular complexity index is 568. The van der Waals surface area contributed by atoms with Gasteiger partial charge in [0.05, 0.1) is 0 Å². The lowest BCUT2D eigenvalue weighted by Crippen LogP contribution is -2.74. The quantitative estimate of drug-likeness (QED) is 0.245. The van der Waals surface area contributed by atoms with Crippen LogP contribution in [-0.2, 0) is 23.9 Å². The summed E-state index contributed by atoms with van der Waals surface area (Å²) < 4.78 is 5.04. The molecule has 4 N–H and O–H groups in total. The molecule has 23 heavy (non-hydrogen) atoms. The number of aliphatic carboxylic acids is 1. The highest BCUT2D eigenvalue weighted by Gasteiger charge is 2.69. The maximum atomic E-state index is 12.6. The zero-order chi connectivity index (χ0) is 17.5. The number of fused-ring (bicyclic) bond motifs is 1. The minimum Gasteiger partial charge on any atom is -0.480 e. The summed E-state index contributed by atoms with van der Waals surface area (Å²) in [6, 6.07) is -1.27. The van der Waals surface area contributed by atoms with Crippen molar-refractivity contribution in [1.29, 1.82) is 0 Å². The summed E-state index contributed by atoms with van der Waals surface area (Å²) in [5, 5.41) is 9.89. The fourth-order valence-electron chi connectivity index (χ4n) is 2.78. The van der Waals surface area contributed by atoms with Gasteiger partial charge in [-0.15, -0.1) is 0 Å². The molecule has 2 aliphatic heterocycles. The van der Waals surface area contributed by atoms with Crippen molar-refractivity contribution in [3.05, 3.63) is 0 Å². The molecule has 0 aliphatic carbocycles. The number of hydrogen-bond acceptors (Lipinski definition) is 7. The summed E-state index contributed by atoms with van der Waals surface area (Å²) in [5.41, 5.74) is 5.91. The van der Waals surface area contributed by atoms with Crippen molar-refractivity contribution in [3.63, 3.8) is 0 Å². The first-order valence-electron chi connectivity index (χ1n) is 7.10. The summed E-state index contributed by atoms with van der Waals surface area (Å²) in [5.74, 6) is -3.91. The molecule has 2 heterocycles. The largest absolute Gasteiger partial charge is 0.480 e. The molecule has 128 valence electrons. The number of nitrogens with one attached hydrogen (secondary N) is 1. The van der Waals surface area contributed by atoms with Gasteiger partial charge in [0.2, 0.25) is 5.78 Å². The highest BCUT2D eigenvalue weighted by atomic mass is 32.1. The Morgan fingerprint density at radius 3 is 2.48 bits per heavy atom. The molecule has 2 saturated heterocycles. The molecule has 0 aromatic rings. The van der Waals surface area contributed by atoms with Crippen LogP contribution in [0, 0.1) is 5.92 Å². The number of carboxylic acids is 1. The van der Waals surface area contributed by atoms with Crippen LogP contribution < -0.4 is 11.2 Å². The van der Waals surface area contributed by atoms with E-state index in [0.717, 1.165) is 5.01 Å². The Kier molecular flexibility index (Phi) is 4.69. The Labute approximate surface area is 137 Å². The van der Waals surface area contributed by atoms with Crippen LogP contribution in [0.2, 0.25) is 0 Å². The molecule has 2 amide bonds. The van der Waals surface area contributed by atoms with Crippen molar-refractivity contribution in [2.45, 2.75) is 44.1 Å². The van der Waals surface area contributed by atoms with E-state index in [1.54, 1.807) is 13.8 Å². The van der Waals surface area contributed by atoms with E-state index in [0.29, 0.717) is 0 Å². The molecule has 2 fully saturated rings. The lowest BCUT2D eigenvalue weighted by atomic mass is 9.79. The number of rotatable bonds is 7. The number of thiol groups is 1. The Morgan fingerprint density at radius 1 is 1.43 bits per heavy atom. The molecule has 0 aromatic carbocycles. The summed E-state index contributed by atoms with van der Waals surface area (Å²) in [6.07, 6.45) is -2.03. The zero-order valence-corrected chi connectivity index (χ0v) is 13.6. The summed E-state index contributed by atoms with van der Waals surface area (Å²) in [4.78, 5) is 48.4. The van der Waals surface area contributed by atoms with Gasteiger partial charge in [-0.3, -0.25) is 24.2 Å². The number of piperidine rings is 1. The highest BCUT2D eigenvalue weighted by molar-refractivity contribution is 7.80. The van der Waals surface area contributed by atoms with E-state index >= 15 is 0 Å². The first-order valence-corrected chi connectivity index (χ1v) is 7.73. The Hall–Kier alpha value is -1.65. The number of amides is 2. The van der Waals surface area contributed by atoms with Crippen molar-refractivity contribution in [3.8, 4) is 0 Å². The predicted octanol–water partition coefficient (Wildman–Crippen LogP) is -1.68. The van der Waals surface area contributed by atoms with E-state index in [9.17, 15) is 19.2 Å². The molecular formula is C13H19N3O6S. The molecule has 0 spiro atoms. The number of ether oxygens (including phenoxy) is 1. The molecule has 0 radical (unpaired) electrons. The molecule has 0 bridgehead atoms. The van der Waals surface area contributed by atoms with Crippen LogP contribution >= 0.6 is 12.6 Å². The number of ketones is 1. The molecule has 4 atom stereocenters. The zero-order valence-electron chi connectivity index (χ0n) is 12.7. The van der Waals surface area contributed by atoms with Crippen molar-refractivity contribution in [2.75, 3.05) is 5.75 Å². The van der Waals surface area contributed by atoms with Gasteiger partial charge in [-0.25, -0.2) is 5.43 Å². The lowest BCUT2D eigenvalue weighted by molar-refractivity contribution is -0.166. The molecule has 0 saturated carbocycles. The standard InChI is InChI=1S/C13H19N3O6S/c1-5(2)3-13(12(14)21)9(17)7-8(22-7)10(18)16(13)15-6(4-23)11(19)20/h5-8,15,23H,3-4H2,1-2H3,(H2,14,21)(H,19,20)/t6-,7-,8-,13+/m0/s1. The molecule has 2 rings (SSSR count). The maximum absolute atomic E-state index is 12.6. The van der Waals surface area contributed by atoms with E-state index in [1.807, 2.05) is 0 Å². The Balaban J connectivity index is 2.46. The van der Waals surface area contributed by atoms with Crippen LogP contribution in [0.25, 0.3) is 0 Å². The number of nitrogens with zero attached hydrogens (tertiary/aromatic N) is 1. The van der Waals surface area contributed by atoms with Crippen LogP contribution in [0.3, 0.4) is 0 Å². The second-order valence-electron chi connectivity index (χ2n) is 6.04. The number of nitrogens with two attached hydrogens (primary N) is 1. The van der Waals surface area contributed by atoms with Crippen molar-refractivity contribution >= 4 is 36.2 Å². The van der Waals surface area contributed by atoms with Crippen LogP contribution in [0.15, 0.2) is 0 Å². The van der Waals surface area contributed by atoms with Crippen molar-refractivity contribution in [2.24, 2.45) is 11.7 Å². The topological polar surface area (TPSA) is 142 Å². The number of Topliss-reactive ketones (excluding diaryl/α,β-unsaturated/α-hetero) is 1. The number of epoxide rings is 1. The molecular weight excluding hydrogens is 326 g/mol. The number of hydrazine groups is 1. The van der Waals surface area contributed by atoms with Gasteiger partial charge in [-0.2, -0.15) is 12.6 Å². The fraction of sp³-hybridized carbons (Fsp3) is 0.692. The third-order valence-electron chi connectivity index (χ3n) is 3.88. The van der Waals surface area contributed by atoms with Gasteiger partial charge in [0.25, 0.3) is 11.8 Å². The summed E-state index contributed by atoms with van der Waals surface area (Å²) in [6.45, 7) is 3.52. The van der Waals surface area contributed by atoms with E-state index in [-0.39, 0.29) is 18.1 Å².